The maximum Gasteiger partial charge on any atom is 0.294 e. The van der Waals surface area contributed by atoms with Crippen LogP contribution in [-0.2, 0) is 29.1 Å². The molecule has 0 bridgehead atoms. The number of carbonyl (C=O) groups is 1. The highest BCUT2D eigenvalue weighted by Gasteiger charge is 2.13. The van der Waals surface area contributed by atoms with E-state index in [2.05, 4.69) is 10.2 Å². The van der Waals surface area contributed by atoms with E-state index in [1.807, 2.05) is 6.92 Å². The number of phenolic OH excluding ortho intramolecular Hbond substituents is 2. The fourth-order valence-electron chi connectivity index (χ4n) is 2.59. The van der Waals surface area contributed by atoms with Crippen LogP contribution in [0.4, 0.5) is 0 Å². The molecule has 0 saturated heterocycles. The molecular formula is C18H20N2O6. The van der Waals surface area contributed by atoms with Gasteiger partial charge in [-0.2, -0.15) is 0 Å². The number of carbonyl (C=O) groups excluding carboxylic acids is 1. The van der Waals surface area contributed by atoms with E-state index >= 15 is 0 Å². The molecule has 0 heterocycles. The van der Waals surface area contributed by atoms with Gasteiger partial charge in [-0.3, -0.25) is 4.79 Å². The summed E-state index contributed by atoms with van der Waals surface area (Å²) in [7, 11) is 0. The number of hydrogen-bond acceptors (Lipinski definition) is 6. The fourth-order valence-corrected chi connectivity index (χ4v) is 2.59. The number of rotatable bonds is 8. The Bertz CT molecular complexity index is 793. The maximum absolute atomic E-state index is 12.2. The smallest absolute Gasteiger partial charge is 0.294 e. The molecule has 2 rings (SSSR count). The highest BCUT2D eigenvalue weighted by atomic mass is 16.9. The summed E-state index contributed by atoms with van der Waals surface area (Å²) in [5.41, 5.74) is 2.00. The van der Waals surface area contributed by atoms with Crippen LogP contribution < -0.4 is 5.32 Å². The second-order valence-corrected chi connectivity index (χ2v) is 5.94. The van der Waals surface area contributed by atoms with E-state index in [4.69, 9.17) is 0 Å². The Morgan fingerprint density at radius 1 is 1.19 bits per heavy atom. The number of amides is 1. The SMILES string of the molecule is CC(Cc1ccc(O)c(O)c1)NC(=O)Cc1ccccc1CO[N+](=O)[O-]. The van der Waals surface area contributed by atoms with Gasteiger partial charge in [0.2, 0.25) is 5.91 Å². The van der Waals surface area contributed by atoms with E-state index < -0.39 is 5.09 Å². The molecule has 1 unspecified atom stereocenters. The molecule has 2 aromatic carbocycles. The molecule has 0 aliphatic heterocycles. The molecule has 0 aromatic heterocycles. The van der Waals surface area contributed by atoms with Crippen molar-refractivity contribution in [3.05, 3.63) is 69.3 Å². The zero-order valence-electron chi connectivity index (χ0n) is 14.2. The summed E-state index contributed by atoms with van der Waals surface area (Å²) in [5, 5.41) is 31.1. The topological polar surface area (TPSA) is 122 Å². The van der Waals surface area contributed by atoms with Gasteiger partial charge in [0, 0.05) is 6.04 Å². The van der Waals surface area contributed by atoms with E-state index in [9.17, 15) is 25.1 Å². The molecule has 8 heteroatoms. The van der Waals surface area contributed by atoms with Crippen LogP contribution >= 0.6 is 0 Å². The minimum absolute atomic E-state index is 0.0718. The highest BCUT2D eigenvalue weighted by Crippen LogP contribution is 2.25. The molecule has 0 saturated carbocycles. The normalized spacial score (nSPS) is 11.6. The maximum atomic E-state index is 12.2. The van der Waals surface area contributed by atoms with Gasteiger partial charge >= 0.3 is 0 Å². The third-order valence-corrected chi connectivity index (χ3v) is 3.78. The number of aromatic hydroxyl groups is 2. The van der Waals surface area contributed by atoms with Crippen LogP contribution in [0.1, 0.15) is 23.6 Å². The predicted molar refractivity (Wildman–Crippen MR) is 93.0 cm³/mol. The number of nitrogens with one attached hydrogen (secondary N) is 1. The average Bonchev–Trinajstić information content (AvgIpc) is 2.57. The van der Waals surface area contributed by atoms with Gasteiger partial charge in [-0.15, -0.1) is 10.1 Å². The minimum atomic E-state index is -0.869. The Morgan fingerprint density at radius 2 is 1.88 bits per heavy atom. The van der Waals surface area contributed by atoms with Gasteiger partial charge in [0.15, 0.2) is 11.5 Å². The largest absolute Gasteiger partial charge is 0.504 e. The van der Waals surface area contributed by atoms with Gasteiger partial charge in [0.25, 0.3) is 5.09 Å². The van der Waals surface area contributed by atoms with E-state index in [1.165, 1.54) is 12.1 Å². The summed E-state index contributed by atoms with van der Waals surface area (Å²) in [6.45, 7) is 1.61. The standard InChI is InChI=1S/C18H20N2O6/c1-12(8-13-6-7-16(21)17(22)9-13)19-18(23)10-14-4-2-3-5-15(14)11-26-20(24)25/h2-7,9,12,21-22H,8,10-11H2,1H3,(H,19,23). The molecule has 1 amide bonds. The Balaban J connectivity index is 1.93. The molecule has 8 nitrogen and oxygen atoms in total. The summed E-state index contributed by atoms with van der Waals surface area (Å²) >= 11 is 0. The molecule has 3 N–H and O–H groups in total. The lowest BCUT2D eigenvalue weighted by molar-refractivity contribution is -0.763. The van der Waals surface area contributed by atoms with Crippen molar-refractivity contribution in [1.82, 2.24) is 5.32 Å². The molecular weight excluding hydrogens is 340 g/mol. The average molecular weight is 360 g/mol. The summed E-state index contributed by atoms with van der Waals surface area (Å²) in [4.78, 5) is 27.0. The van der Waals surface area contributed by atoms with Crippen molar-refractivity contribution >= 4 is 5.91 Å². The van der Waals surface area contributed by atoms with Gasteiger partial charge in [-0.1, -0.05) is 30.3 Å². The third-order valence-electron chi connectivity index (χ3n) is 3.78. The van der Waals surface area contributed by atoms with Crippen molar-refractivity contribution in [1.29, 1.82) is 0 Å². The minimum Gasteiger partial charge on any atom is -0.504 e. The van der Waals surface area contributed by atoms with Gasteiger partial charge < -0.3 is 20.4 Å². The zero-order chi connectivity index (χ0) is 19.1. The summed E-state index contributed by atoms with van der Waals surface area (Å²) in [6, 6.07) is 11.2. The molecule has 2 aromatic rings. The van der Waals surface area contributed by atoms with Crippen molar-refractivity contribution < 1.29 is 24.9 Å². The lowest BCUT2D eigenvalue weighted by atomic mass is 10.0. The van der Waals surface area contributed by atoms with E-state index in [1.54, 1.807) is 30.3 Å². The van der Waals surface area contributed by atoms with E-state index in [-0.39, 0.29) is 36.5 Å². The van der Waals surface area contributed by atoms with Crippen LogP contribution in [0.3, 0.4) is 0 Å². The first kappa shape index (κ1) is 19.0. The Kier molecular flexibility index (Phi) is 6.37. The van der Waals surface area contributed by atoms with Crippen LogP contribution in [0.5, 0.6) is 11.5 Å². The number of benzene rings is 2. The molecule has 0 radical (unpaired) electrons. The molecule has 138 valence electrons. The zero-order valence-corrected chi connectivity index (χ0v) is 14.2. The van der Waals surface area contributed by atoms with Crippen molar-refractivity contribution in [2.75, 3.05) is 0 Å². The quantitative estimate of drug-likeness (QED) is 0.376. The number of nitrogens with zero attached hydrogens (tertiary/aromatic N) is 1. The van der Waals surface area contributed by atoms with Crippen LogP contribution in [0.25, 0.3) is 0 Å². The summed E-state index contributed by atoms with van der Waals surface area (Å²) in [6.07, 6.45) is 0.550. The number of hydrogen-bond donors (Lipinski definition) is 3. The lowest BCUT2D eigenvalue weighted by Gasteiger charge is -2.15. The summed E-state index contributed by atoms with van der Waals surface area (Å²) in [5.74, 6) is -0.631. The van der Waals surface area contributed by atoms with Crippen LogP contribution in [0.15, 0.2) is 42.5 Å². The first-order valence-corrected chi connectivity index (χ1v) is 7.99. The predicted octanol–water partition coefficient (Wildman–Crippen LogP) is 2.10. The second kappa shape index (κ2) is 8.70. The second-order valence-electron chi connectivity index (χ2n) is 5.94. The summed E-state index contributed by atoms with van der Waals surface area (Å²) < 4.78 is 0. The van der Waals surface area contributed by atoms with Crippen LogP contribution in [0.2, 0.25) is 0 Å². The number of phenols is 2. The highest BCUT2D eigenvalue weighted by molar-refractivity contribution is 5.79. The fraction of sp³-hybridized carbons (Fsp3) is 0.278. The molecule has 0 fully saturated rings. The van der Waals surface area contributed by atoms with Crippen molar-refractivity contribution in [3.8, 4) is 11.5 Å². The molecule has 0 spiro atoms. The van der Waals surface area contributed by atoms with Gasteiger partial charge in [0.05, 0.1) is 6.42 Å². The van der Waals surface area contributed by atoms with E-state index in [0.717, 1.165) is 5.56 Å². The Labute approximate surface area is 150 Å². The lowest BCUT2D eigenvalue weighted by Crippen LogP contribution is -2.35. The first-order valence-electron chi connectivity index (χ1n) is 7.99. The van der Waals surface area contributed by atoms with E-state index in [0.29, 0.717) is 17.5 Å². The van der Waals surface area contributed by atoms with Crippen molar-refractivity contribution in [2.45, 2.75) is 32.4 Å². The van der Waals surface area contributed by atoms with Crippen LogP contribution in [0, 0.1) is 10.1 Å². The van der Waals surface area contributed by atoms with Gasteiger partial charge in [-0.05, 0) is 42.2 Å². The van der Waals surface area contributed by atoms with Gasteiger partial charge in [0.1, 0.15) is 6.61 Å². The van der Waals surface area contributed by atoms with Crippen molar-refractivity contribution in [2.24, 2.45) is 0 Å². The van der Waals surface area contributed by atoms with Crippen LogP contribution in [-0.4, -0.2) is 27.2 Å². The molecule has 0 aliphatic carbocycles. The monoisotopic (exact) mass is 360 g/mol. The molecule has 0 aliphatic rings. The van der Waals surface area contributed by atoms with Gasteiger partial charge in [-0.25, -0.2) is 0 Å². The Morgan fingerprint density at radius 3 is 2.54 bits per heavy atom. The molecule has 26 heavy (non-hydrogen) atoms. The third kappa shape index (κ3) is 5.66. The Hall–Kier alpha value is -3.29. The first-order chi connectivity index (χ1) is 12.3. The van der Waals surface area contributed by atoms with Crippen molar-refractivity contribution in [3.63, 3.8) is 0 Å². The molecule has 1 atom stereocenters.